The molecule has 108 valence electrons. The summed E-state index contributed by atoms with van der Waals surface area (Å²) in [4.78, 5) is 0. The molecule has 2 N–H and O–H groups in total. The average Bonchev–Trinajstić information content (AvgIpc) is 2.40. The van der Waals surface area contributed by atoms with Crippen molar-refractivity contribution >= 4 is 11.6 Å². The van der Waals surface area contributed by atoms with Gasteiger partial charge in [0, 0.05) is 6.04 Å². The molecule has 1 aromatic carbocycles. The quantitative estimate of drug-likeness (QED) is 0.586. The van der Waals surface area contributed by atoms with E-state index < -0.39 is 0 Å². The van der Waals surface area contributed by atoms with Gasteiger partial charge in [0.05, 0.1) is 5.02 Å². The van der Waals surface area contributed by atoms with Crippen molar-refractivity contribution in [2.75, 3.05) is 0 Å². The molecule has 1 aromatic rings. The van der Waals surface area contributed by atoms with Gasteiger partial charge < -0.3 is 5.73 Å². The van der Waals surface area contributed by atoms with Crippen molar-refractivity contribution in [1.82, 2.24) is 0 Å². The van der Waals surface area contributed by atoms with E-state index in [0.717, 1.165) is 18.4 Å². The summed E-state index contributed by atoms with van der Waals surface area (Å²) in [5.41, 5.74) is 7.02. The second-order valence-electron chi connectivity index (χ2n) is 5.19. The summed E-state index contributed by atoms with van der Waals surface area (Å²) in [7, 11) is 0. The Kier molecular flexibility index (Phi) is 8.08. The zero-order chi connectivity index (χ0) is 14.1. The van der Waals surface area contributed by atoms with E-state index in [2.05, 4.69) is 6.92 Å². The first-order chi connectivity index (χ1) is 9.15. The second-order valence-corrected chi connectivity index (χ2v) is 5.60. The fraction of sp³-hybridized carbons (Fsp3) is 0.625. The summed E-state index contributed by atoms with van der Waals surface area (Å²) >= 11 is 5.76. The lowest BCUT2D eigenvalue weighted by Crippen LogP contribution is -2.10. The zero-order valence-electron chi connectivity index (χ0n) is 11.8. The van der Waals surface area contributed by atoms with Crippen LogP contribution in [0, 0.1) is 5.82 Å². The van der Waals surface area contributed by atoms with Gasteiger partial charge in [-0.1, -0.05) is 69.5 Å². The summed E-state index contributed by atoms with van der Waals surface area (Å²) < 4.78 is 13.0. The Hall–Kier alpha value is -0.600. The molecule has 0 amide bonds. The number of hydrogen-bond donors (Lipinski definition) is 1. The molecule has 0 fully saturated rings. The van der Waals surface area contributed by atoms with Crippen molar-refractivity contribution in [3.8, 4) is 0 Å². The molecule has 0 aliphatic heterocycles. The zero-order valence-corrected chi connectivity index (χ0v) is 12.6. The molecule has 0 saturated carbocycles. The summed E-state index contributed by atoms with van der Waals surface area (Å²) in [5.74, 6) is -0.381. The van der Waals surface area contributed by atoms with E-state index in [0.29, 0.717) is 0 Å². The molecule has 0 bridgehead atoms. The van der Waals surface area contributed by atoms with Crippen molar-refractivity contribution in [3.05, 3.63) is 34.6 Å². The van der Waals surface area contributed by atoms with Crippen molar-refractivity contribution in [1.29, 1.82) is 0 Å². The van der Waals surface area contributed by atoms with Gasteiger partial charge in [-0.25, -0.2) is 4.39 Å². The third kappa shape index (κ3) is 6.40. The number of halogens is 2. The lowest BCUT2D eigenvalue weighted by Gasteiger charge is -2.12. The molecule has 0 aromatic heterocycles. The highest BCUT2D eigenvalue weighted by molar-refractivity contribution is 6.30. The van der Waals surface area contributed by atoms with E-state index in [9.17, 15) is 4.39 Å². The molecule has 0 aliphatic rings. The number of hydrogen-bond acceptors (Lipinski definition) is 1. The Labute approximate surface area is 121 Å². The molecular weight excluding hydrogens is 261 g/mol. The molecule has 3 heteroatoms. The fourth-order valence-electron chi connectivity index (χ4n) is 2.23. The van der Waals surface area contributed by atoms with Crippen molar-refractivity contribution in [3.63, 3.8) is 0 Å². The number of rotatable bonds is 9. The minimum Gasteiger partial charge on any atom is -0.324 e. The molecule has 0 heterocycles. The Morgan fingerprint density at radius 1 is 1.11 bits per heavy atom. The van der Waals surface area contributed by atoms with Gasteiger partial charge >= 0.3 is 0 Å². The Bertz CT molecular complexity index is 368. The minimum atomic E-state index is -0.381. The predicted molar refractivity (Wildman–Crippen MR) is 80.9 cm³/mol. The van der Waals surface area contributed by atoms with Crippen LogP contribution in [0.2, 0.25) is 5.02 Å². The van der Waals surface area contributed by atoms with Crippen LogP contribution in [0.1, 0.15) is 69.9 Å². The average molecular weight is 286 g/mol. The van der Waals surface area contributed by atoms with E-state index in [-0.39, 0.29) is 16.9 Å². The smallest absolute Gasteiger partial charge is 0.141 e. The van der Waals surface area contributed by atoms with Gasteiger partial charge in [0.2, 0.25) is 0 Å². The van der Waals surface area contributed by atoms with Gasteiger partial charge in [-0.15, -0.1) is 0 Å². The van der Waals surface area contributed by atoms with Crippen LogP contribution in [0.3, 0.4) is 0 Å². The maximum atomic E-state index is 13.0. The summed E-state index contributed by atoms with van der Waals surface area (Å²) in [6.07, 6.45) is 9.88. The van der Waals surface area contributed by atoms with Gasteiger partial charge in [-0.05, 0) is 24.1 Å². The molecule has 1 rings (SSSR count). The third-order valence-corrected chi connectivity index (χ3v) is 3.78. The first kappa shape index (κ1) is 16.5. The van der Waals surface area contributed by atoms with Gasteiger partial charge in [-0.3, -0.25) is 0 Å². The molecule has 1 atom stereocenters. The summed E-state index contributed by atoms with van der Waals surface area (Å²) in [5, 5.41) is 0.160. The lowest BCUT2D eigenvalue weighted by molar-refractivity contribution is 0.540. The topological polar surface area (TPSA) is 26.0 Å². The highest BCUT2D eigenvalue weighted by atomic mass is 35.5. The molecule has 0 saturated heterocycles. The highest BCUT2D eigenvalue weighted by Crippen LogP contribution is 2.23. The molecule has 0 spiro atoms. The Morgan fingerprint density at radius 3 is 2.37 bits per heavy atom. The SMILES string of the molecule is CCCCCCCCCC(N)c1ccc(F)c(Cl)c1. The van der Waals surface area contributed by atoms with Crippen molar-refractivity contribution in [2.45, 2.75) is 64.3 Å². The van der Waals surface area contributed by atoms with Crippen LogP contribution in [-0.4, -0.2) is 0 Å². The van der Waals surface area contributed by atoms with Crippen LogP contribution < -0.4 is 5.73 Å². The molecular formula is C16H25ClFN. The van der Waals surface area contributed by atoms with Crippen LogP contribution in [-0.2, 0) is 0 Å². The van der Waals surface area contributed by atoms with Crippen LogP contribution in [0.5, 0.6) is 0 Å². The second kappa shape index (κ2) is 9.33. The maximum absolute atomic E-state index is 13.0. The number of nitrogens with two attached hydrogens (primary N) is 1. The largest absolute Gasteiger partial charge is 0.324 e. The monoisotopic (exact) mass is 285 g/mol. The van der Waals surface area contributed by atoms with Crippen LogP contribution in [0.25, 0.3) is 0 Å². The minimum absolute atomic E-state index is 0.0336. The molecule has 1 unspecified atom stereocenters. The van der Waals surface area contributed by atoms with E-state index in [1.807, 2.05) is 0 Å². The van der Waals surface area contributed by atoms with Gasteiger partial charge in [0.25, 0.3) is 0 Å². The summed E-state index contributed by atoms with van der Waals surface area (Å²) in [6, 6.07) is 4.73. The van der Waals surface area contributed by atoms with Crippen LogP contribution in [0.15, 0.2) is 18.2 Å². The van der Waals surface area contributed by atoms with Crippen molar-refractivity contribution < 1.29 is 4.39 Å². The normalized spacial score (nSPS) is 12.6. The van der Waals surface area contributed by atoms with Gasteiger partial charge in [0.15, 0.2) is 0 Å². The lowest BCUT2D eigenvalue weighted by atomic mass is 10.0. The van der Waals surface area contributed by atoms with E-state index >= 15 is 0 Å². The van der Waals surface area contributed by atoms with Gasteiger partial charge in [0.1, 0.15) is 5.82 Å². The highest BCUT2D eigenvalue weighted by Gasteiger charge is 2.08. The van der Waals surface area contributed by atoms with Crippen molar-refractivity contribution in [2.24, 2.45) is 5.73 Å². The van der Waals surface area contributed by atoms with E-state index in [1.54, 1.807) is 12.1 Å². The first-order valence-corrected chi connectivity index (χ1v) is 7.73. The maximum Gasteiger partial charge on any atom is 0.141 e. The van der Waals surface area contributed by atoms with Crippen LogP contribution in [0.4, 0.5) is 4.39 Å². The Morgan fingerprint density at radius 2 is 1.74 bits per heavy atom. The number of unbranched alkanes of at least 4 members (excludes halogenated alkanes) is 6. The predicted octanol–water partition coefficient (Wildman–Crippen LogP) is 5.62. The molecule has 0 radical (unpaired) electrons. The van der Waals surface area contributed by atoms with E-state index in [4.69, 9.17) is 17.3 Å². The van der Waals surface area contributed by atoms with Crippen LogP contribution >= 0.6 is 11.6 Å². The Balaban J connectivity index is 2.20. The molecule has 1 nitrogen and oxygen atoms in total. The summed E-state index contributed by atoms with van der Waals surface area (Å²) in [6.45, 7) is 2.23. The molecule has 19 heavy (non-hydrogen) atoms. The first-order valence-electron chi connectivity index (χ1n) is 7.35. The van der Waals surface area contributed by atoms with E-state index in [1.165, 1.54) is 44.6 Å². The fourth-order valence-corrected chi connectivity index (χ4v) is 2.42. The number of benzene rings is 1. The third-order valence-electron chi connectivity index (χ3n) is 3.49. The standard InChI is InChI=1S/C16H25ClFN/c1-2-3-4-5-6-7-8-9-16(19)13-10-11-15(18)14(17)12-13/h10-12,16H,2-9,19H2,1H3. The molecule has 0 aliphatic carbocycles. The van der Waals surface area contributed by atoms with Gasteiger partial charge in [-0.2, -0.15) is 0 Å².